The predicted molar refractivity (Wildman–Crippen MR) is 126 cm³/mol. The normalized spacial score (nSPS) is 15.0. The number of imide groups is 1. The highest BCUT2D eigenvalue weighted by Crippen LogP contribution is 2.36. The number of hydrogen-bond donors (Lipinski definition) is 1. The number of halogens is 5. The van der Waals surface area contributed by atoms with E-state index in [0.29, 0.717) is 34.0 Å². The van der Waals surface area contributed by atoms with Crippen LogP contribution in [-0.2, 0) is 9.59 Å². The maximum Gasteiger partial charge on any atom is 0.294 e. The third-order valence-corrected chi connectivity index (χ3v) is 6.34. The quantitative estimate of drug-likeness (QED) is 0.275. The van der Waals surface area contributed by atoms with E-state index >= 15 is 0 Å². The Kier molecular flexibility index (Phi) is 7.51. The van der Waals surface area contributed by atoms with Gasteiger partial charge >= 0.3 is 0 Å². The summed E-state index contributed by atoms with van der Waals surface area (Å²) in [6.07, 6.45) is 1.49. The van der Waals surface area contributed by atoms with E-state index in [1.165, 1.54) is 13.2 Å². The van der Waals surface area contributed by atoms with Crippen molar-refractivity contribution in [3.8, 4) is 5.75 Å². The summed E-state index contributed by atoms with van der Waals surface area (Å²) < 4.78 is 47.1. The Morgan fingerprint density at radius 3 is 2.58 bits per heavy atom. The smallest absolute Gasteiger partial charge is 0.294 e. The van der Waals surface area contributed by atoms with Crippen LogP contribution >= 0.6 is 56.9 Å². The van der Waals surface area contributed by atoms with Crippen LogP contribution in [-0.4, -0.2) is 35.6 Å². The minimum atomic E-state index is -1.74. The molecule has 0 saturated carbocycles. The van der Waals surface area contributed by atoms with Crippen LogP contribution in [0, 0.1) is 24.6 Å². The Hall–Kier alpha value is -1.81. The van der Waals surface area contributed by atoms with Gasteiger partial charge in [0.1, 0.15) is 12.3 Å². The fourth-order valence-electron chi connectivity index (χ4n) is 2.64. The molecule has 3 amide bonds. The second-order valence-corrected chi connectivity index (χ2v) is 9.45. The van der Waals surface area contributed by atoms with Crippen molar-refractivity contribution in [2.75, 3.05) is 19.0 Å². The lowest BCUT2D eigenvalue weighted by Crippen LogP contribution is -2.36. The van der Waals surface area contributed by atoms with Gasteiger partial charge in [0.2, 0.25) is 5.91 Å². The molecule has 0 unspecified atom stereocenters. The average molecular weight is 674 g/mol. The molecule has 1 aliphatic rings. The van der Waals surface area contributed by atoms with Crippen molar-refractivity contribution in [1.82, 2.24) is 4.90 Å². The van der Waals surface area contributed by atoms with E-state index in [-0.39, 0.29) is 4.91 Å². The Morgan fingerprint density at radius 1 is 1.19 bits per heavy atom. The Balaban J connectivity index is 1.79. The van der Waals surface area contributed by atoms with Crippen molar-refractivity contribution in [2.45, 2.75) is 0 Å². The van der Waals surface area contributed by atoms with Gasteiger partial charge in [-0.1, -0.05) is 0 Å². The summed E-state index contributed by atoms with van der Waals surface area (Å²) >= 11 is 4.83. The molecule has 12 heteroatoms. The predicted octanol–water partition coefficient (Wildman–Crippen LogP) is 5.00. The minimum absolute atomic E-state index is 0.0768. The van der Waals surface area contributed by atoms with E-state index in [9.17, 15) is 27.6 Å². The standard InChI is InChI=1S/C19H11F3I2N2O4S/c1-30-17-8(4-9(23)6-11(17)24)5-13-18(28)26(19(29)31-13)7-14(27)25-12-3-2-10(20)15(21)16(12)22/h2-6H,7H2,1H3,(H,25,27)/b13-5+. The number of benzene rings is 2. The lowest BCUT2D eigenvalue weighted by molar-refractivity contribution is -0.127. The molecule has 1 heterocycles. The minimum Gasteiger partial charge on any atom is -0.495 e. The molecule has 0 bridgehead atoms. The van der Waals surface area contributed by atoms with E-state index < -0.39 is 46.7 Å². The van der Waals surface area contributed by atoms with Gasteiger partial charge in [-0.2, -0.15) is 0 Å². The maximum absolute atomic E-state index is 13.7. The molecule has 0 aliphatic carbocycles. The molecule has 0 spiro atoms. The first-order valence-electron chi connectivity index (χ1n) is 8.34. The van der Waals surface area contributed by atoms with Crippen LogP contribution in [0.25, 0.3) is 6.08 Å². The SMILES string of the molecule is COc1c(I)cc(I)cc1/C=C1/SC(=O)N(CC(=O)Nc2ccc(F)c(F)c2F)C1=O. The van der Waals surface area contributed by atoms with Crippen molar-refractivity contribution >= 4 is 85.8 Å². The largest absolute Gasteiger partial charge is 0.495 e. The van der Waals surface area contributed by atoms with Gasteiger partial charge in [-0.15, -0.1) is 0 Å². The number of ether oxygens (including phenoxy) is 1. The maximum atomic E-state index is 13.7. The molecular formula is C19H11F3I2N2O4S. The summed E-state index contributed by atoms with van der Waals surface area (Å²) in [5, 5.41) is 1.33. The van der Waals surface area contributed by atoms with Gasteiger partial charge in [0.25, 0.3) is 11.1 Å². The third-order valence-electron chi connectivity index (χ3n) is 4.01. The summed E-state index contributed by atoms with van der Waals surface area (Å²) in [6.45, 7) is -0.721. The molecule has 1 aliphatic heterocycles. The molecule has 6 nitrogen and oxygen atoms in total. The first-order valence-corrected chi connectivity index (χ1v) is 11.3. The first-order chi connectivity index (χ1) is 14.6. The molecule has 0 aromatic heterocycles. The fourth-order valence-corrected chi connectivity index (χ4v) is 5.58. The highest BCUT2D eigenvalue weighted by molar-refractivity contribution is 14.1. The van der Waals surface area contributed by atoms with Crippen LogP contribution in [0.3, 0.4) is 0 Å². The van der Waals surface area contributed by atoms with E-state index in [1.54, 1.807) is 6.07 Å². The number of anilines is 1. The monoisotopic (exact) mass is 674 g/mol. The van der Waals surface area contributed by atoms with Gasteiger partial charge in [0.15, 0.2) is 17.5 Å². The van der Waals surface area contributed by atoms with Crippen LogP contribution < -0.4 is 10.1 Å². The Labute approximate surface area is 205 Å². The third kappa shape index (κ3) is 5.16. The van der Waals surface area contributed by atoms with Gasteiger partial charge in [-0.3, -0.25) is 19.3 Å². The molecule has 2 aromatic rings. The molecule has 162 valence electrons. The first kappa shape index (κ1) is 23.8. The van der Waals surface area contributed by atoms with Gasteiger partial charge in [0, 0.05) is 9.13 Å². The number of rotatable bonds is 5. The number of carbonyl (C=O) groups is 3. The number of nitrogens with zero attached hydrogens (tertiary/aromatic N) is 1. The van der Waals surface area contributed by atoms with E-state index in [0.717, 1.165) is 13.2 Å². The molecule has 1 N–H and O–H groups in total. The number of carbonyl (C=O) groups excluding carboxylic acids is 3. The zero-order chi connectivity index (χ0) is 22.9. The molecular weight excluding hydrogens is 663 g/mol. The molecule has 31 heavy (non-hydrogen) atoms. The van der Waals surface area contributed by atoms with Crippen molar-refractivity contribution in [3.05, 3.63) is 59.3 Å². The molecule has 2 aromatic carbocycles. The number of amides is 3. The zero-order valence-electron chi connectivity index (χ0n) is 15.5. The Bertz CT molecular complexity index is 1140. The second kappa shape index (κ2) is 9.77. The van der Waals surface area contributed by atoms with Crippen LogP contribution in [0.4, 0.5) is 23.7 Å². The molecule has 3 rings (SSSR count). The highest BCUT2D eigenvalue weighted by Gasteiger charge is 2.36. The van der Waals surface area contributed by atoms with Crippen LogP contribution in [0.15, 0.2) is 29.2 Å². The van der Waals surface area contributed by atoms with Crippen molar-refractivity contribution in [2.24, 2.45) is 0 Å². The zero-order valence-corrected chi connectivity index (χ0v) is 20.6. The summed E-state index contributed by atoms with van der Waals surface area (Å²) in [6, 6.07) is 5.13. The molecule has 1 saturated heterocycles. The molecule has 1 fully saturated rings. The number of thioether (sulfide) groups is 1. The average Bonchev–Trinajstić information content (AvgIpc) is 2.95. The number of nitrogens with one attached hydrogen (secondary N) is 1. The molecule has 0 radical (unpaired) electrons. The lowest BCUT2D eigenvalue weighted by atomic mass is 10.2. The van der Waals surface area contributed by atoms with Crippen LogP contribution in [0.1, 0.15) is 5.56 Å². The summed E-state index contributed by atoms with van der Waals surface area (Å²) in [5.41, 5.74) is -0.0257. The topological polar surface area (TPSA) is 75.7 Å². The van der Waals surface area contributed by atoms with Crippen molar-refractivity contribution in [1.29, 1.82) is 0 Å². The summed E-state index contributed by atoms with van der Waals surface area (Å²) in [4.78, 5) is 37.8. The fraction of sp³-hybridized carbons (Fsp3) is 0.105. The van der Waals surface area contributed by atoms with Crippen molar-refractivity contribution in [3.63, 3.8) is 0 Å². The van der Waals surface area contributed by atoms with Crippen LogP contribution in [0.2, 0.25) is 0 Å². The van der Waals surface area contributed by atoms with Gasteiger partial charge in [-0.05, 0) is 87.3 Å². The summed E-state index contributed by atoms with van der Waals surface area (Å²) in [5.74, 6) is -5.87. The van der Waals surface area contributed by atoms with Gasteiger partial charge < -0.3 is 10.1 Å². The summed E-state index contributed by atoms with van der Waals surface area (Å²) in [7, 11) is 1.48. The Morgan fingerprint density at radius 2 is 1.90 bits per heavy atom. The highest BCUT2D eigenvalue weighted by atomic mass is 127. The van der Waals surface area contributed by atoms with Crippen LogP contribution in [0.5, 0.6) is 5.75 Å². The van der Waals surface area contributed by atoms with Crippen molar-refractivity contribution < 1.29 is 32.3 Å². The van der Waals surface area contributed by atoms with E-state index in [1.807, 2.05) is 11.4 Å². The second-order valence-electron chi connectivity index (χ2n) is 6.05. The lowest BCUT2D eigenvalue weighted by Gasteiger charge is -2.13. The van der Waals surface area contributed by atoms with Gasteiger partial charge in [0.05, 0.1) is 21.3 Å². The molecule has 0 atom stereocenters. The number of methoxy groups -OCH3 is 1. The van der Waals surface area contributed by atoms with E-state index in [2.05, 4.69) is 45.2 Å². The van der Waals surface area contributed by atoms with Gasteiger partial charge in [-0.25, -0.2) is 13.2 Å². The number of hydrogen-bond acceptors (Lipinski definition) is 5. The van der Waals surface area contributed by atoms with E-state index in [4.69, 9.17) is 4.74 Å².